The molecular formula is C24H22N2O4. The first kappa shape index (κ1) is 19.5. The molecule has 2 N–H and O–H groups in total. The highest BCUT2D eigenvalue weighted by atomic mass is 16.7. The lowest BCUT2D eigenvalue weighted by Crippen LogP contribution is -2.41. The van der Waals surface area contributed by atoms with Gasteiger partial charge in [-0.15, -0.1) is 0 Å². The molecule has 0 bridgehead atoms. The normalized spacial score (nSPS) is 12.0. The standard InChI is InChI=1S/C24H22N2O4/c1-15-3-7-17(8-4-15)23(27)25-22(19-11-12-20-21(13-19)30-14-29-20)26-24(28)18-9-5-16(2)6-10-18/h3-13,22H,14H2,1-2H3,(H,25,27)(H,26,28). The second-order valence-corrected chi connectivity index (χ2v) is 7.22. The number of aryl methyl sites for hydroxylation is 2. The summed E-state index contributed by atoms with van der Waals surface area (Å²) < 4.78 is 10.8. The molecule has 3 aromatic rings. The van der Waals surface area contributed by atoms with Crippen LogP contribution in [0.25, 0.3) is 0 Å². The van der Waals surface area contributed by atoms with Crippen LogP contribution in [0.15, 0.2) is 66.7 Å². The van der Waals surface area contributed by atoms with Gasteiger partial charge in [-0.1, -0.05) is 41.5 Å². The van der Waals surface area contributed by atoms with Gasteiger partial charge < -0.3 is 20.1 Å². The number of fused-ring (bicyclic) bond motifs is 1. The number of hydrogen-bond donors (Lipinski definition) is 2. The third-order valence-corrected chi connectivity index (χ3v) is 4.91. The average molecular weight is 402 g/mol. The van der Waals surface area contributed by atoms with Crippen molar-refractivity contribution in [3.05, 3.63) is 94.5 Å². The summed E-state index contributed by atoms with van der Waals surface area (Å²) in [4.78, 5) is 25.6. The van der Waals surface area contributed by atoms with Crippen LogP contribution in [0.1, 0.15) is 43.6 Å². The Morgan fingerprint density at radius 3 is 1.77 bits per heavy atom. The number of carbonyl (C=O) groups is 2. The Bertz CT molecular complexity index is 1020. The molecule has 152 valence electrons. The molecule has 0 atom stereocenters. The number of benzene rings is 3. The molecule has 0 fully saturated rings. The van der Waals surface area contributed by atoms with Crippen molar-refractivity contribution in [3.63, 3.8) is 0 Å². The third kappa shape index (κ3) is 4.27. The molecule has 0 unspecified atom stereocenters. The molecule has 0 aliphatic carbocycles. The minimum atomic E-state index is -0.748. The van der Waals surface area contributed by atoms with E-state index < -0.39 is 6.17 Å². The van der Waals surface area contributed by atoms with Crippen molar-refractivity contribution < 1.29 is 19.1 Å². The summed E-state index contributed by atoms with van der Waals surface area (Å²) in [6.45, 7) is 4.06. The summed E-state index contributed by atoms with van der Waals surface area (Å²) in [5.74, 6) is 0.627. The zero-order valence-electron chi connectivity index (χ0n) is 16.8. The zero-order valence-corrected chi connectivity index (χ0v) is 16.8. The van der Waals surface area contributed by atoms with Crippen molar-refractivity contribution in [2.45, 2.75) is 20.0 Å². The van der Waals surface area contributed by atoms with E-state index in [1.807, 2.05) is 38.1 Å². The Balaban J connectivity index is 1.60. The Kier molecular flexibility index (Phi) is 5.39. The second kappa shape index (κ2) is 8.29. The highest BCUT2D eigenvalue weighted by molar-refractivity contribution is 5.96. The van der Waals surface area contributed by atoms with Crippen molar-refractivity contribution in [1.29, 1.82) is 0 Å². The van der Waals surface area contributed by atoms with Crippen LogP contribution in [0.4, 0.5) is 0 Å². The molecule has 1 aliphatic heterocycles. The predicted molar refractivity (Wildman–Crippen MR) is 113 cm³/mol. The van der Waals surface area contributed by atoms with E-state index in [0.29, 0.717) is 28.2 Å². The van der Waals surface area contributed by atoms with E-state index in [1.54, 1.807) is 42.5 Å². The minimum Gasteiger partial charge on any atom is -0.454 e. The Labute approximate surface area is 174 Å². The van der Waals surface area contributed by atoms with Gasteiger partial charge in [0.15, 0.2) is 11.5 Å². The van der Waals surface area contributed by atoms with E-state index in [0.717, 1.165) is 11.1 Å². The van der Waals surface area contributed by atoms with Crippen LogP contribution in [0.2, 0.25) is 0 Å². The number of ether oxygens (including phenoxy) is 2. The van der Waals surface area contributed by atoms with Crippen molar-refractivity contribution >= 4 is 11.8 Å². The zero-order chi connectivity index (χ0) is 21.1. The maximum absolute atomic E-state index is 12.8. The summed E-state index contributed by atoms with van der Waals surface area (Å²) in [6.07, 6.45) is -0.748. The van der Waals surface area contributed by atoms with Gasteiger partial charge in [0.05, 0.1) is 0 Å². The van der Waals surface area contributed by atoms with Gasteiger partial charge in [0.25, 0.3) is 11.8 Å². The maximum atomic E-state index is 12.8. The molecular weight excluding hydrogens is 380 g/mol. The van der Waals surface area contributed by atoms with Crippen molar-refractivity contribution in [1.82, 2.24) is 10.6 Å². The highest BCUT2D eigenvalue weighted by Gasteiger charge is 2.22. The molecule has 0 spiro atoms. The molecule has 1 heterocycles. The smallest absolute Gasteiger partial charge is 0.253 e. The van der Waals surface area contributed by atoms with E-state index in [-0.39, 0.29) is 18.6 Å². The van der Waals surface area contributed by atoms with Gasteiger partial charge in [-0.05, 0) is 55.8 Å². The highest BCUT2D eigenvalue weighted by Crippen LogP contribution is 2.34. The Hall–Kier alpha value is -3.80. The monoisotopic (exact) mass is 402 g/mol. The minimum absolute atomic E-state index is 0.148. The molecule has 4 rings (SSSR count). The van der Waals surface area contributed by atoms with Crippen LogP contribution in [-0.2, 0) is 0 Å². The van der Waals surface area contributed by atoms with Crippen LogP contribution in [0.3, 0.4) is 0 Å². The number of amides is 2. The van der Waals surface area contributed by atoms with Gasteiger partial charge in [-0.2, -0.15) is 0 Å². The first-order valence-corrected chi connectivity index (χ1v) is 9.64. The topological polar surface area (TPSA) is 76.7 Å². The van der Waals surface area contributed by atoms with Crippen LogP contribution in [0.5, 0.6) is 11.5 Å². The molecule has 3 aromatic carbocycles. The maximum Gasteiger partial charge on any atom is 0.253 e. The first-order valence-electron chi connectivity index (χ1n) is 9.64. The Morgan fingerprint density at radius 1 is 0.733 bits per heavy atom. The van der Waals surface area contributed by atoms with Crippen LogP contribution >= 0.6 is 0 Å². The van der Waals surface area contributed by atoms with Gasteiger partial charge >= 0.3 is 0 Å². The predicted octanol–water partition coefficient (Wildman–Crippen LogP) is 3.89. The lowest BCUT2D eigenvalue weighted by molar-refractivity contribution is 0.0883. The SMILES string of the molecule is Cc1ccc(C(=O)NC(NC(=O)c2ccc(C)cc2)c2ccc3c(c2)OCO3)cc1. The quantitative estimate of drug-likeness (QED) is 0.635. The van der Waals surface area contributed by atoms with Gasteiger partial charge in [0.1, 0.15) is 6.17 Å². The lowest BCUT2D eigenvalue weighted by Gasteiger charge is -2.21. The lowest BCUT2D eigenvalue weighted by atomic mass is 10.1. The van der Waals surface area contributed by atoms with Gasteiger partial charge in [-0.25, -0.2) is 0 Å². The second-order valence-electron chi connectivity index (χ2n) is 7.22. The summed E-state index contributed by atoms with van der Waals surface area (Å²) in [5.41, 5.74) is 3.82. The number of nitrogens with one attached hydrogen (secondary N) is 2. The molecule has 2 amide bonds. The molecule has 1 aliphatic rings. The van der Waals surface area contributed by atoms with E-state index >= 15 is 0 Å². The number of carbonyl (C=O) groups excluding carboxylic acids is 2. The Morgan fingerprint density at radius 2 is 1.23 bits per heavy atom. The fourth-order valence-corrected chi connectivity index (χ4v) is 3.13. The number of rotatable bonds is 5. The molecule has 6 heteroatoms. The fourth-order valence-electron chi connectivity index (χ4n) is 3.13. The molecule has 30 heavy (non-hydrogen) atoms. The first-order chi connectivity index (χ1) is 14.5. The van der Waals surface area contributed by atoms with E-state index in [1.165, 1.54) is 0 Å². The fraction of sp³-hybridized carbons (Fsp3) is 0.167. The van der Waals surface area contributed by atoms with Gasteiger partial charge in [-0.3, -0.25) is 9.59 Å². The third-order valence-electron chi connectivity index (χ3n) is 4.91. The van der Waals surface area contributed by atoms with Gasteiger partial charge in [0, 0.05) is 11.1 Å². The molecule has 6 nitrogen and oxygen atoms in total. The summed E-state index contributed by atoms with van der Waals surface area (Å²) in [7, 11) is 0. The molecule has 0 radical (unpaired) electrons. The van der Waals surface area contributed by atoms with Crippen molar-refractivity contribution in [2.24, 2.45) is 0 Å². The summed E-state index contributed by atoms with van der Waals surface area (Å²) in [5, 5.41) is 5.81. The molecule has 0 saturated carbocycles. The molecule has 0 aromatic heterocycles. The van der Waals surface area contributed by atoms with Crippen LogP contribution < -0.4 is 20.1 Å². The van der Waals surface area contributed by atoms with Gasteiger partial charge in [0.2, 0.25) is 6.79 Å². The van der Waals surface area contributed by atoms with E-state index in [9.17, 15) is 9.59 Å². The van der Waals surface area contributed by atoms with Crippen LogP contribution in [0, 0.1) is 13.8 Å². The van der Waals surface area contributed by atoms with Crippen molar-refractivity contribution in [2.75, 3.05) is 6.79 Å². The molecule has 0 saturated heterocycles. The number of hydrogen-bond acceptors (Lipinski definition) is 4. The van der Waals surface area contributed by atoms with E-state index in [4.69, 9.17) is 9.47 Å². The largest absolute Gasteiger partial charge is 0.454 e. The summed E-state index contributed by atoms with van der Waals surface area (Å²) >= 11 is 0. The van der Waals surface area contributed by atoms with Crippen LogP contribution in [-0.4, -0.2) is 18.6 Å². The van der Waals surface area contributed by atoms with E-state index in [2.05, 4.69) is 10.6 Å². The van der Waals surface area contributed by atoms with Crippen molar-refractivity contribution in [3.8, 4) is 11.5 Å². The summed E-state index contributed by atoms with van der Waals surface area (Å²) in [6, 6.07) is 19.8. The average Bonchev–Trinajstić information content (AvgIpc) is 3.22.